The maximum atomic E-state index is 12.4. The van der Waals surface area contributed by atoms with E-state index in [1.165, 1.54) is 5.56 Å². The SMILES string of the molecule is N#C[C@H](Cc1ccc(-c2cnn(Cc3ccccc3)c2)cc1)NC(=O)[C@@H]1CCCCN1. The second-order valence-electron chi connectivity index (χ2n) is 8.01. The lowest BCUT2D eigenvalue weighted by atomic mass is 10.0. The van der Waals surface area contributed by atoms with E-state index in [9.17, 15) is 10.1 Å². The van der Waals surface area contributed by atoms with Crippen LogP contribution in [0.4, 0.5) is 0 Å². The van der Waals surface area contributed by atoms with E-state index in [0.717, 1.165) is 49.0 Å². The fraction of sp³-hybridized carbons (Fsp3) is 0.320. The lowest BCUT2D eigenvalue weighted by molar-refractivity contribution is -0.124. The molecular formula is C25H27N5O. The molecule has 2 aromatic carbocycles. The number of hydrogen-bond acceptors (Lipinski definition) is 4. The van der Waals surface area contributed by atoms with Crippen molar-refractivity contribution in [1.29, 1.82) is 5.26 Å². The van der Waals surface area contributed by atoms with Gasteiger partial charge in [-0.2, -0.15) is 10.4 Å². The Kier molecular flexibility index (Phi) is 6.75. The minimum absolute atomic E-state index is 0.0753. The van der Waals surface area contributed by atoms with E-state index in [1.54, 1.807) is 0 Å². The van der Waals surface area contributed by atoms with Crippen LogP contribution < -0.4 is 10.6 Å². The van der Waals surface area contributed by atoms with Gasteiger partial charge in [0.05, 0.1) is 24.9 Å². The van der Waals surface area contributed by atoms with Gasteiger partial charge in [-0.1, -0.05) is 61.0 Å². The largest absolute Gasteiger partial charge is 0.339 e. The van der Waals surface area contributed by atoms with Crippen LogP contribution in [-0.2, 0) is 17.8 Å². The van der Waals surface area contributed by atoms with E-state index < -0.39 is 6.04 Å². The van der Waals surface area contributed by atoms with Crippen LogP contribution in [0, 0.1) is 11.3 Å². The van der Waals surface area contributed by atoms with Crippen molar-refractivity contribution in [3.05, 3.63) is 78.1 Å². The zero-order valence-corrected chi connectivity index (χ0v) is 17.5. The number of aromatic nitrogens is 2. The molecule has 0 unspecified atom stereocenters. The molecule has 1 aliphatic heterocycles. The van der Waals surface area contributed by atoms with Crippen molar-refractivity contribution in [2.45, 2.75) is 44.3 Å². The number of rotatable bonds is 7. The normalized spacial score (nSPS) is 16.9. The summed E-state index contributed by atoms with van der Waals surface area (Å²) in [5.74, 6) is -0.0753. The van der Waals surface area contributed by atoms with Crippen molar-refractivity contribution in [2.75, 3.05) is 6.54 Å². The molecule has 0 aliphatic carbocycles. The number of benzene rings is 2. The van der Waals surface area contributed by atoms with Gasteiger partial charge in [0.2, 0.25) is 5.91 Å². The molecular weight excluding hydrogens is 386 g/mol. The third-order valence-corrected chi connectivity index (χ3v) is 5.65. The summed E-state index contributed by atoms with van der Waals surface area (Å²) in [5.41, 5.74) is 4.35. The Balaban J connectivity index is 1.35. The predicted octanol–water partition coefficient (Wildman–Crippen LogP) is 3.29. The summed E-state index contributed by atoms with van der Waals surface area (Å²) in [5, 5.41) is 20.1. The Labute approximate surface area is 182 Å². The molecule has 2 N–H and O–H groups in total. The Morgan fingerprint density at radius 2 is 1.94 bits per heavy atom. The summed E-state index contributed by atoms with van der Waals surface area (Å²) in [4.78, 5) is 12.4. The molecule has 1 fully saturated rings. The highest BCUT2D eigenvalue weighted by molar-refractivity contribution is 5.82. The van der Waals surface area contributed by atoms with Gasteiger partial charge in [0.15, 0.2) is 0 Å². The lowest BCUT2D eigenvalue weighted by Crippen LogP contribution is -2.49. The maximum Gasteiger partial charge on any atom is 0.238 e. The molecule has 4 rings (SSSR count). The van der Waals surface area contributed by atoms with E-state index in [0.29, 0.717) is 6.42 Å². The molecule has 158 valence electrons. The fourth-order valence-corrected chi connectivity index (χ4v) is 3.92. The van der Waals surface area contributed by atoms with Crippen molar-refractivity contribution >= 4 is 5.91 Å². The predicted molar refractivity (Wildman–Crippen MR) is 120 cm³/mol. The van der Waals surface area contributed by atoms with Crippen LogP contribution >= 0.6 is 0 Å². The Morgan fingerprint density at radius 1 is 1.13 bits per heavy atom. The van der Waals surface area contributed by atoms with Gasteiger partial charge in [0.25, 0.3) is 0 Å². The molecule has 0 bridgehead atoms. The fourth-order valence-electron chi connectivity index (χ4n) is 3.92. The van der Waals surface area contributed by atoms with Crippen molar-refractivity contribution in [1.82, 2.24) is 20.4 Å². The van der Waals surface area contributed by atoms with Gasteiger partial charge < -0.3 is 10.6 Å². The number of carbonyl (C=O) groups is 1. The Bertz CT molecular complexity index is 1030. The molecule has 6 nitrogen and oxygen atoms in total. The van der Waals surface area contributed by atoms with Crippen LogP contribution in [-0.4, -0.2) is 34.3 Å². The molecule has 2 atom stereocenters. The molecule has 2 heterocycles. The second kappa shape index (κ2) is 10.1. The molecule has 1 aromatic heterocycles. The van der Waals surface area contributed by atoms with Crippen LogP contribution in [0.15, 0.2) is 67.0 Å². The van der Waals surface area contributed by atoms with Gasteiger partial charge in [0, 0.05) is 18.2 Å². The van der Waals surface area contributed by atoms with E-state index in [1.807, 2.05) is 59.5 Å². The molecule has 1 aliphatic rings. The van der Waals surface area contributed by atoms with Gasteiger partial charge in [-0.05, 0) is 36.1 Å². The average Bonchev–Trinajstić information content (AvgIpc) is 3.28. The first kappa shape index (κ1) is 20.8. The highest BCUT2D eigenvalue weighted by Gasteiger charge is 2.23. The first-order valence-corrected chi connectivity index (χ1v) is 10.8. The Morgan fingerprint density at radius 3 is 2.65 bits per heavy atom. The van der Waals surface area contributed by atoms with E-state index >= 15 is 0 Å². The maximum absolute atomic E-state index is 12.4. The molecule has 6 heteroatoms. The quantitative estimate of drug-likeness (QED) is 0.623. The van der Waals surface area contributed by atoms with Crippen molar-refractivity contribution in [2.24, 2.45) is 0 Å². The summed E-state index contributed by atoms with van der Waals surface area (Å²) < 4.78 is 1.93. The highest BCUT2D eigenvalue weighted by atomic mass is 16.2. The van der Waals surface area contributed by atoms with Gasteiger partial charge in [-0.3, -0.25) is 9.48 Å². The van der Waals surface area contributed by atoms with Crippen molar-refractivity contribution < 1.29 is 4.79 Å². The molecule has 0 saturated carbocycles. The number of carbonyl (C=O) groups excluding carboxylic acids is 1. The number of piperidine rings is 1. The summed E-state index contributed by atoms with van der Waals surface area (Å²) in [7, 11) is 0. The number of hydrogen-bond donors (Lipinski definition) is 2. The number of nitriles is 1. The van der Waals surface area contributed by atoms with Crippen LogP contribution in [0.5, 0.6) is 0 Å². The Hall–Kier alpha value is -3.43. The summed E-state index contributed by atoms with van der Waals surface area (Å²) in [6, 6.07) is 19.9. The van der Waals surface area contributed by atoms with Gasteiger partial charge in [-0.25, -0.2) is 0 Å². The monoisotopic (exact) mass is 413 g/mol. The van der Waals surface area contributed by atoms with Crippen LogP contribution in [0.2, 0.25) is 0 Å². The van der Waals surface area contributed by atoms with Gasteiger partial charge >= 0.3 is 0 Å². The smallest absolute Gasteiger partial charge is 0.238 e. The topological polar surface area (TPSA) is 82.7 Å². The minimum Gasteiger partial charge on any atom is -0.339 e. The number of amides is 1. The molecule has 0 radical (unpaired) electrons. The summed E-state index contributed by atoms with van der Waals surface area (Å²) in [6.07, 6.45) is 7.37. The molecule has 1 amide bonds. The zero-order chi connectivity index (χ0) is 21.5. The van der Waals surface area contributed by atoms with E-state index in [4.69, 9.17) is 0 Å². The van der Waals surface area contributed by atoms with Crippen LogP contribution in [0.25, 0.3) is 11.1 Å². The number of nitrogens with one attached hydrogen (secondary N) is 2. The van der Waals surface area contributed by atoms with Crippen molar-refractivity contribution in [3.8, 4) is 17.2 Å². The molecule has 0 spiro atoms. The first-order valence-electron chi connectivity index (χ1n) is 10.8. The van der Waals surface area contributed by atoms with Gasteiger partial charge in [0.1, 0.15) is 6.04 Å². The lowest BCUT2D eigenvalue weighted by Gasteiger charge is -2.23. The third kappa shape index (κ3) is 5.59. The van der Waals surface area contributed by atoms with Gasteiger partial charge in [-0.15, -0.1) is 0 Å². The standard InChI is InChI=1S/C25H27N5O/c26-15-23(29-25(31)24-8-4-5-13-27-24)14-19-9-11-21(12-10-19)22-16-28-30(18-22)17-20-6-2-1-3-7-20/h1-3,6-7,9-12,16,18,23-24,27H,4-5,8,13-14,17H2,(H,29,31)/t23-,24-/m0/s1. The van der Waals surface area contributed by atoms with Crippen LogP contribution in [0.1, 0.15) is 30.4 Å². The zero-order valence-electron chi connectivity index (χ0n) is 17.5. The molecule has 1 saturated heterocycles. The first-order chi connectivity index (χ1) is 15.2. The third-order valence-electron chi connectivity index (χ3n) is 5.65. The van der Waals surface area contributed by atoms with E-state index in [-0.39, 0.29) is 11.9 Å². The highest BCUT2D eigenvalue weighted by Crippen LogP contribution is 2.20. The average molecular weight is 414 g/mol. The minimum atomic E-state index is -0.532. The summed E-state index contributed by atoms with van der Waals surface area (Å²) in [6.45, 7) is 1.59. The van der Waals surface area contributed by atoms with Crippen LogP contribution in [0.3, 0.4) is 0 Å². The van der Waals surface area contributed by atoms with E-state index in [2.05, 4.69) is 33.9 Å². The van der Waals surface area contributed by atoms with Crippen molar-refractivity contribution in [3.63, 3.8) is 0 Å². The molecule has 31 heavy (non-hydrogen) atoms. The second-order valence-corrected chi connectivity index (χ2v) is 8.01. The molecule has 3 aromatic rings. The number of nitrogens with zero attached hydrogens (tertiary/aromatic N) is 3. The summed E-state index contributed by atoms with van der Waals surface area (Å²) >= 11 is 0.